The van der Waals surface area contributed by atoms with E-state index in [0.29, 0.717) is 6.61 Å². The highest BCUT2D eigenvalue weighted by molar-refractivity contribution is 9.10. The first-order valence-corrected chi connectivity index (χ1v) is 7.67. The number of halogens is 1. The van der Waals surface area contributed by atoms with Crippen LogP contribution in [0.4, 0.5) is 0 Å². The molecule has 0 spiro atoms. The van der Waals surface area contributed by atoms with Crippen LogP contribution in [0.3, 0.4) is 0 Å². The number of hydrogen-bond acceptors (Lipinski definition) is 2. The van der Waals surface area contributed by atoms with Gasteiger partial charge in [-0.05, 0) is 43.7 Å². The summed E-state index contributed by atoms with van der Waals surface area (Å²) in [5.74, 6) is 0.883. The number of nitrogens with zero attached hydrogens (tertiary/aromatic N) is 1. The van der Waals surface area contributed by atoms with Crippen molar-refractivity contribution in [1.82, 2.24) is 4.98 Å². The Hall–Kier alpha value is -1.87. The third-order valence-corrected chi connectivity index (χ3v) is 4.24. The van der Waals surface area contributed by atoms with Gasteiger partial charge in [-0.25, -0.2) is 0 Å². The van der Waals surface area contributed by atoms with Gasteiger partial charge in [0, 0.05) is 21.1 Å². The Morgan fingerprint density at radius 1 is 1.05 bits per heavy atom. The van der Waals surface area contributed by atoms with Crippen LogP contribution in [-0.2, 0) is 6.61 Å². The van der Waals surface area contributed by atoms with Crippen molar-refractivity contribution in [2.45, 2.75) is 20.5 Å². The molecule has 0 aliphatic rings. The summed E-state index contributed by atoms with van der Waals surface area (Å²) in [6, 6.07) is 16.2. The molecule has 0 radical (unpaired) electrons. The first-order chi connectivity index (χ1) is 10.1. The molecule has 1 aromatic heterocycles. The van der Waals surface area contributed by atoms with E-state index < -0.39 is 0 Å². The van der Waals surface area contributed by atoms with Gasteiger partial charge in [0.05, 0.1) is 5.52 Å². The smallest absolute Gasteiger partial charge is 0.129 e. The quantitative estimate of drug-likeness (QED) is 0.653. The van der Waals surface area contributed by atoms with Gasteiger partial charge >= 0.3 is 0 Å². The molecule has 0 aliphatic heterocycles. The maximum atomic E-state index is 6.04. The molecular weight excluding hydrogens is 326 g/mol. The van der Waals surface area contributed by atoms with E-state index in [2.05, 4.69) is 40.0 Å². The molecule has 0 bridgehead atoms. The van der Waals surface area contributed by atoms with Gasteiger partial charge in [-0.1, -0.05) is 40.2 Å². The molecule has 0 atom stereocenters. The molecule has 1 heterocycles. The summed E-state index contributed by atoms with van der Waals surface area (Å²) >= 11 is 3.55. The van der Waals surface area contributed by atoms with E-state index in [9.17, 15) is 0 Å². The van der Waals surface area contributed by atoms with Crippen molar-refractivity contribution in [3.05, 3.63) is 69.8 Å². The van der Waals surface area contributed by atoms with E-state index in [4.69, 9.17) is 4.74 Å². The molecule has 0 saturated heterocycles. The number of ether oxygens (including phenoxy) is 1. The Balaban J connectivity index is 1.96. The minimum absolute atomic E-state index is 0.536. The molecule has 0 N–H and O–H groups in total. The molecule has 106 valence electrons. The predicted molar refractivity (Wildman–Crippen MR) is 89.7 cm³/mol. The van der Waals surface area contributed by atoms with Crippen LogP contribution in [0.1, 0.15) is 16.8 Å². The molecule has 0 fully saturated rings. The largest absolute Gasteiger partial charge is 0.488 e. The number of aromatic nitrogens is 1. The standard InChI is InChI=1S/C18H16BrNO/c1-12-10-13(2)20-16-8-5-9-17(18(12)16)21-11-14-6-3-4-7-15(14)19/h3-10H,11H2,1-2H3. The zero-order valence-electron chi connectivity index (χ0n) is 12.1. The van der Waals surface area contributed by atoms with Gasteiger partial charge < -0.3 is 4.74 Å². The Bertz CT molecular complexity index is 798. The van der Waals surface area contributed by atoms with Gasteiger partial charge in [-0.3, -0.25) is 4.98 Å². The lowest BCUT2D eigenvalue weighted by molar-refractivity contribution is 0.309. The van der Waals surface area contributed by atoms with E-state index in [1.54, 1.807) is 0 Å². The summed E-state index contributed by atoms with van der Waals surface area (Å²) in [6.45, 7) is 4.65. The van der Waals surface area contributed by atoms with Crippen molar-refractivity contribution in [2.24, 2.45) is 0 Å². The lowest BCUT2D eigenvalue weighted by atomic mass is 10.1. The van der Waals surface area contributed by atoms with E-state index in [1.165, 1.54) is 5.56 Å². The topological polar surface area (TPSA) is 22.1 Å². The fourth-order valence-electron chi connectivity index (χ4n) is 2.51. The van der Waals surface area contributed by atoms with Crippen LogP contribution < -0.4 is 4.74 Å². The molecule has 21 heavy (non-hydrogen) atoms. The summed E-state index contributed by atoms with van der Waals surface area (Å²) in [7, 11) is 0. The van der Waals surface area contributed by atoms with Gasteiger partial charge in [0.1, 0.15) is 12.4 Å². The maximum Gasteiger partial charge on any atom is 0.129 e. The van der Waals surface area contributed by atoms with Crippen molar-refractivity contribution >= 4 is 26.8 Å². The summed E-state index contributed by atoms with van der Waals surface area (Å²) in [4.78, 5) is 4.58. The van der Waals surface area contributed by atoms with Crippen LogP contribution in [-0.4, -0.2) is 4.98 Å². The van der Waals surface area contributed by atoms with Crippen LogP contribution in [0, 0.1) is 13.8 Å². The number of benzene rings is 2. The molecule has 3 heteroatoms. The molecule has 0 amide bonds. The number of pyridine rings is 1. The Morgan fingerprint density at radius 3 is 2.67 bits per heavy atom. The number of rotatable bonds is 3. The van der Waals surface area contributed by atoms with Crippen molar-refractivity contribution in [1.29, 1.82) is 0 Å². The van der Waals surface area contributed by atoms with Crippen molar-refractivity contribution in [3.63, 3.8) is 0 Å². The van der Waals surface area contributed by atoms with E-state index in [0.717, 1.165) is 32.4 Å². The second-order valence-corrected chi connectivity index (χ2v) is 5.97. The highest BCUT2D eigenvalue weighted by Gasteiger charge is 2.08. The van der Waals surface area contributed by atoms with Crippen molar-refractivity contribution in [2.75, 3.05) is 0 Å². The summed E-state index contributed by atoms with van der Waals surface area (Å²) in [6.07, 6.45) is 0. The number of fused-ring (bicyclic) bond motifs is 1. The van der Waals surface area contributed by atoms with E-state index in [1.807, 2.05) is 43.3 Å². The lowest BCUT2D eigenvalue weighted by Crippen LogP contribution is -1.98. The molecular formula is C18H16BrNO. The fourth-order valence-corrected chi connectivity index (χ4v) is 2.91. The SMILES string of the molecule is Cc1cc(C)c2c(OCc3ccccc3Br)cccc2n1. The van der Waals surface area contributed by atoms with Crippen molar-refractivity contribution < 1.29 is 4.74 Å². The van der Waals surface area contributed by atoms with Gasteiger partial charge in [0.2, 0.25) is 0 Å². The van der Waals surface area contributed by atoms with Crippen LogP contribution in [0.15, 0.2) is 53.0 Å². The van der Waals surface area contributed by atoms with Gasteiger partial charge in [-0.15, -0.1) is 0 Å². The second-order valence-electron chi connectivity index (χ2n) is 5.11. The predicted octanol–water partition coefficient (Wildman–Crippen LogP) is 5.19. The molecule has 2 aromatic carbocycles. The average molecular weight is 342 g/mol. The van der Waals surface area contributed by atoms with Gasteiger partial charge in [0.15, 0.2) is 0 Å². The first kappa shape index (κ1) is 14.1. The lowest BCUT2D eigenvalue weighted by Gasteiger charge is -2.12. The minimum Gasteiger partial charge on any atom is -0.488 e. The van der Waals surface area contributed by atoms with Crippen LogP contribution in [0.25, 0.3) is 10.9 Å². The molecule has 3 rings (SSSR count). The molecule has 0 saturated carbocycles. The average Bonchev–Trinajstić information content (AvgIpc) is 2.45. The highest BCUT2D eigenvalue weighted by atomic mass is 79.9. The summed E-state index contributed by atoms with van der Waals surface area (Å²) in [5, 5.41) is 1.09. The normalized spacial score (nSPS) is 10.8. The third-order valence-electron chi connectivity index (χ3n) is 3.46. The summed E-state index contributed by atoms with van der Waals surface area (Å²) < 4.78 is 7.10. The summed E-state index contributed by atoms with van der Waals surface area (Å²) in [5.41, 5.74) is 4.34. The van der Waals surface area contributed by atoms with Gasteiger partial charge in [-0.2, -0.15) is 0 Å². The minimum atomic E-state index is 0.536. The Kier molecular flexibility index (Phi) is 3.93. The fraction of sp³-hybridized carbons (Fsp3) is 0.167. The maximum absolute atomic E-state index is 6.04. The van der Waals surface area contributed by atoms with Crippen LogP contribution in [0.5, 0.6) is 5.75 Å². The molecule has 2 nitrogen and oxygen atoms in total. The molecule has 0 aliphatic carbocycles. The Morgan fingerprint density at radius 2 is 1.86 bits per heavy atom. The van der Waals surface area contributed by atoms with E-state index in [-0.39, 0.29) is 0 Å². The third kappa shape index (κ3) is 2.93. The highest BCUT2D eigenvalue weighted by Crippen LogP contribution is 2.29. The second kappa shape index (κ2) is 5.86. The van der Waals surface area contributed by atoms with Crippen LogP contribution >= 0.6 is 15.9 Å². The van der Waals surface area contributed by atoms with Gasteiger partial charge in [0.25, 0.3) is 0 Å². The number of aryl methyl sites for hydroxylation is 2. The number of hydrogen-bond donors (Lipinski definition) is 0. The zero-order chi connectivity index (χ0) is 14.8. The first-order valence-electron chi connectivity index (χ1n) is 6.88. The van der Waals surface area contributed by atoms with Crippen molar-refractivity contribution in [3.8, 4) is 5.75 Å². The Labute approximate surface area is 132 Å². The monoisotopic (exact) mass is 341 g/mol. The van der Waals surface area contributed by atoms with E-state index >= 15 is 0 Å². The molecule has 3 aromatic rings. The molecule has 0 unspecified atom stereocenters. The van der Waals surface area contributed by atoms with Crippen LogP contribution in [0.2, 0.25) is 0 Å². The zero-order valence-corrected chi connectivity index (χ0v) is 13.6.